The van der Waals surface area contributed by atoms with E-state index in [9.17, 15) is 4.79 Å². The van der Waals surface area contributed by atoms with Crippen molar-refractivity contribution >= 4 is 22.9 Å². The molecule has 0 aliphatic rings. The maximum absolute atomic E-state index is 11.9. The van der Waals surface area contributed by atoms with Gasteiger partial charge in [0.15, 0.2) is 0 Å². The van der Waals surface area contributed by atoms with E-state index in [1.165, 1.54) is 11.3 Å². The second-order valence-electron chi connectivity index (χ2n) is 3.78. The van der Waals surface area contributed by atoms with Crippen LogP contribution < -0.4 is 5.73 Å². The van der Waals surface area contributed by atoms with E-state index >= 15 is 0 Å². The minimum Gasteiger partial charge on any atom is -0.399 e. The van der Waals surface area contributed by atoms with Gasteiger partial charge in [-0.05, 0) is 17.7 Å². The molecular formula is C12H13N3OS. The van der Waals surface area contributed by atoms with Crippen LogP contribution in [0.5, 0.6) is 0 Å². The molecule has 1 amide bonds. The maximum atomic E-state index is 11.9. The average Bonchev–Trinajstić information content (AvgIpc) is 2.81. The van der Waals surface area contributed by atoms with Gasteiger partial charge in [0.1, 0.15) is 5.69 Å². The monoisotopic (exact) mass is 247 g/mol. The first-order valence-corrected chi connectivity index (χ1v) is 6.09. The predicted molar refractivity (Wildman–Crippen MR) is 68.8 cm³/mol. The highest BCUT2D eigenvalue weighted by Crippen LogP contribution is 2.11. The zero-order chi connectivity index (χ0) is 12.3. The molecule has 0 spiro atoms. The van der Waals surface area contributed by atoms with Crippen LogP contribution in [0.15, 0.2) is 35.2 Å². The molecule has 0 atom stereocenters. The third kappa shape index (κ3) is 2.82. The minimum absolute atomic E-state index is 0.0753. The summed E-state index contributed by atoms with van der Waals surface area (Å²) in [7, 11) is 1.75. The molecule has 0 saturated heterocycles. The largest absolute Gasteiger partial charge is 0.399 e. The number of amides is 1. The van der Waals surface area contributed by atoms with Gasteiger partial charge >= 0.3 is 0 Å². The molecule has 1 aromatic heterocycles. The van der Waals surface area contributed by atoms with Crippen LogP contribution >= 0.6 is 11.3 Å². The summed E-state index contributed by atoms with van der Waals surface area (Å²) in [6, 6.07) is 7.52. The molecule has 2 aromatic rings. The van der Waals surface area contributed by atoms with Crippen LogP contribution in [0.1, 0.15) is 16.1 Å². The number of nitrogens with two attached hydrogens (primary N) is 1. The summed E-state index contributed by atoms with van der Waals surface area (Å²) in [6.07, 6.45) is 0. The summed E-state index contributed by atoms with van der Waals surface area (Å²) in [4.78, 5) is 17.6. The number of nitrogens with zero attached hydrogens (tertiary/aromatic N) is 2. The summed E-state index contributed by atoms with van der Waals surface area (Å²) < 4.78 is 0. The molecule has 1 aromatic carbocycles. The van der Waals surface area contributed by atoms with Gasteiger partial charge in [-0.15, -0.1) is 11.3 Å². The van der Waals surface area contributed by atoms with Gasteiger partial charge in [-0.25, -0.2) is 4.98 Å². The van der Waals surface area contributed by atoms with Crippen LogP contribution in [-0.2, 0) is 6.54 Å². The summed E-state index contributed by atoms with van der Waals surface area (Å²) in [5.41, 5.74) is 9.55. The number of carbonyl (C=O) groups excluding carboxylic acids is 1. The topological polar surface area (TPSA) is 59.2 Å². The summed E-state index contributed by atoms with van der Waals surface area (Å²) in [5.74, 6) is -0.0753. The number of rotatable bonds is 3. The fraction of sp³-hybridized carbons (Fsp3) is 0.167. The first kappa shape index (κ1) is 11.6. The first-order chi connectivity index (χ1) is 8.16. The number of anilines is 1. The second kappa shape index (κ2) is 4.97. The van der Waals surface area contributed by atoms with Gasteiger partial charge in [-0.3, -0.25) is 4.79 Å². The van der Waals surface area contributed by atoms with E-state index in [-0.39, 0.29) is 5.91 Å². The Morgan fingerprint density at radius 3 is 3.00 bits per heavy atom. The lowest BCUT2D eigenvalue weighted by Crippen LogP contribution is -2.26. The Morgan fingerprint density at radius 2 is 2.35 bits per heavy atom. The Labute approximate surface area is 104 Å². The van der Waals surface area contributed by atoms with Gasteiger partial charge in [0.25, 0.3) is 5.91 Å². The summed E-state index contributed by atoms with van der Waals surface area (Å²) >= 11 is 1.42. The smallest absolute Gasteiger partial charge is 0.273 e. The maximum Gasteiger partial charge on any atom is 0.273 e. The lowest BCUT2D eigenvalue weighted by Gasteiger charge is -2.16. The highest BCUT2D eigenvalue weighted by molar-refractivity contribution is 7.07. The van der Waals surface area contributed by atoms with E-state index in [4.69, 9.17) is 5.73 Å². The highest BCUT2D eigenvalue weighted by atomic mass is 32.1. The van der Waals surface area contributed by atoms with Gasteiger partial charge in [-0.1, -0.05) is 12.1 Å². The van der Waals surface area contributed by atoms with Crippen molar-refractivity contribution in [1.82, 2.24) is 9.88 Å². The molecule has 1 heterocycles. The number of aromatic nitrogens is 1. The van der Waals surface area contributed by atoms with Gasteiger partial charge < -0.3 is 10.6 Å². The van der Waals surface area contributed by atoms with Crippen molar-refractivity contribution in [2.75, 3.05) is 12.8 Å². The van der Waals surface area contributed by atoms with Gasteiger partial charge in [0.05, 0.1) is 5.51 Å². The van der Waals surface area contributed by atoms with Gasteiger partial charge in [0.2, 0.25) is 0 Å². The Bertz CT molecular complexity index is 510. The third-order valence-corrected chi connectivity index (χ3v) is 2.96. The first-order valence-electron chi connectivity index (χ1n) is 5.15. The minimum atomic E-state index is -0.0753. The van der Waals surface area contributed by atoms with Crippen LogP contribution in [0.3, 0.4) is 0 Å². The predicted octanol–water partition coefficient (Wildman–Crippen LogP) is 2.00. The van der Waals surface area contributed by atoms with Crippen LogP contribution in [0.2, 0.25) is 0 Å². The normalized spacial score (nSPS) is 10.2. The highest BCUT2D eigenvalue weighted by Gasteiger charge is 2.13. The Morgan fingerprint density at radius 1 is 1.53 bits per heavy atom. The summed E-state index contributed by atoms with van der Waals surface area (Å²) in [5, 5.41) is 1.75. The molecule has 0 bridgehead atoms. The molecule has 88 valence electrons. The third-order valence-electron chi connectivity index (χ3n) is 2.37. The van der Waals surface area contributed by atoms with Crippen molar-refractivity contribution in [3.63, 3.8) is 0 Å². The molecule has 5 heteroatoms. The van der Waals surface area contributed by atoms with Crippen LogP contribution in [0.4, 0.5) is 5.69 Å². The Balaban J connectivity index is 2.07. The van der Waals surface area contributed by atoms with Crippen molar-refractivity contribution in [1.29, 1.82) is 0 Å². The number of thiazole rings is 1. The van der Waals surface area contributed by atoms with Crippen molar-refractivity contribution < 1.29 is 4.79 Å². The molecule has 0 aliphatic heterocycles. The van der Waals surface area contributed by atoms with Gasteiger partial charge in [-0.2, -0.15) is 0 Å². The molecule has 0 fully saturated rings. The van der Waals surface area contributed by atoms with Crippen LogP contribution in [0, 0.1) is 0 Å². The van der Waals surface area contributed by atoms with Crippen molar-refractivity contribution in [3.8, 4) is 0 Å². The fourth-order valence-electron chi connectivity index (χ4n) is 1.55. The number of carbonyl (C=O) groups is 1. The standard InChI is InChI=1S/C12H13N3OS/c1-15(12(16)11-7-17-8-14-11)6-9-3-2-4-10(13)5-9/h2-5,7-8H,6,13H2,1H3. The molecule has 17 heavy (non-hydrogen) atoms. The number of hydrogen-bond acceptors (Lipinski definition) is 4. The molecule has 0 aliphatic carbocycles. The van der Waals surface area contributed by atoms with E-state index in [2.05, 4.69) is 4.98 Å². The average molecular weight is 247 g/mol. The Kier molecular flexibility index (Phi) is 3.39. The number of hydrogen-bond donors (Lipinski definition) is 1. The molecular weight excluding hydrogens is 234 g/mol. The van der Waals surface area contributed by atoms with E-state index in [1.54, 1.807) is 22.8 Å². The number of benzene rings is 1. The van der Waals surface area contributed by atoms with Crippen molar-refractivity contribution in [3.05, 3.63) is 46.4 Å². The van der Waals surface area contributed by atoms with Crippen LogP contribution in [-0.4, -0.2) is 22.8 Å². The lowest BCUT2D eigenvalue weighted by molar-refractivity contribution is 0.0780. The quantitative estimate of drug-likeness (QED) is 0.844. The zero-order valence-electron chi connectivity index (χ0n) is 9.46. The zero-order valence-corrected chi connectivity index (χ0v) is 10.3. The molecule has 2 rings (SSSR count). The van der Waals surface area contributed by atoms with E-state index in [0.29, 0.717) is 17.9 Å². The van der Waals surface area contributed by atoms with E-state index < -0.39 is 0 Å². The molecule has 0 radical (unpaired) electrons. The van der Waals surface area contributed by atoms with Crippen LogP contribution in [0.25, 0.3) is 0 Å². The molecule has 4 nitrogen and oxygen atoms in total. The SMILES string of the molecule is CN(Cc1cccc(N)c1)C(=O)c1cscn1. The molecule has 2 N–H and O–H groups in total. The van der Waals surface area contributed by atoms with E-state index in [0.717, 1.165) is 5.56 Å². The van der Waals surface area contributed by atoms with E-state index in [1.807, 2.05) is 24.3 Å². The molecule has 0 unspecified atom stereocenters. The summed E-state index contributed by atoms with van der Waals surface area (Å²) in [6.45, 7) is 0.529. The van der Waals surface area contributed by atoms with Crippen molar-refractivity contribution in [2.45, 2.75) is 6.54 Å². The molecule has 0 saturated carbocycles. The fourth-order valence-corrected chi connectivity index (χ4v) is 2.08. The number of nitrogen functional groups attached to an aromatic ring is 1. The Hall–Kier alpha value is -1.88. The van der Waals surface area contributed by atoms with Gasteiger partial charge in [0, 0.05) is 24.7 Å². The second-order valence-corrected chi connectivity index (χ2v) is 4.50. The lowest BCUT2D eigenvalue weighted by atomic mass is 10.2. The van der Waals surface area contributed by atoms with Crippen molar-refractivity contribution in [2.24, 2.45) is 0 Å².